The molecule has 2 heterocycles. The number of aromatic nitrogens is 2. The fourth-order valence-electron chi connectivity index (χ4n) is 1.97. The first-order valence-electron chi connectivity index (χ1n) is 5.32. The monoisotopic (exact) mass is 219 g/mol. The summed E-state index contributed by atoms with van der Waals surface area (Å²) in [5, 5.41) is 10.2. The molecule has 80 valence electrons. The average Bonchev–Trinajstić information content (AvgIpc) is 2.78. The summed E-state index contributed by atoms with van der Waals surface area (Å²) in [4.78, 5) is 4.29. The van der Waals surface area contributed by atoms with E-state index in [1.807, 2.05) is 53.1 Å². The van der Waals surface area contributed by atoms with Crippen molar-refractivity contribution in [3.8, 4) is 11.9 Å². The van der Waals surface area contributed by atoms with Crippen molar-refractivity contribution in [1.82, 2.24) is 9.55 Å². The lowest BCUT2D eigenvalue weighted by atomic mass is 10.2. The molecule has 1 aromatic carbocycles. The zero-order chi connectivity index (χ0) is 11.7. The van der Waals surface area contributed by atoms with Crippen LogP contribution in [0, 0.1) is 11.3 Å². The highest BCUT2D eigenvalue weighted by molar-refractivity contribution is 5.83. The Balaban J connectivity index is 2.39. The van der Waals surface area contributed by atoms with E-state index in [-0.39, 0.29) is 0 Å². The van der Waals surface area contributed by atoms with Crippen molar-refractivity contribution in [2.24, 2.45) is 0 Å². The Bertz CT molecular complexity index is 705. The first kappa shape index (κ1) is 9.61. The summed E-state index contributed by atoms with van der Waals surface area (Å²) in [5.74, 6) is 0.769. The Morgan fingerprint density at radius 1 is 1.06 bits per heavy atom. The maximum atomic E-state index is 9.18. The fourth-order valence-corrected chi connectivity index (χ4v) is 1.97. The van der Waals surface area contributed by atoms with Crippen molar-refractivity contribution in [3.63, 3.8) is 0 Å². The van der Waals surface area contributed by atoms with Crippen molar-refractivity contribution in [3.05, 3.63) is 60.4 Å². The lowest BCUT2D eigenvalue weighted by Gasteiger charge is -2.04. The number of hydrogen-bond acceptors (Lipinski definition) is 2. The number of fused-ring (bicyclic) bond motifs is 1. The predicted molar refractivity (Wildman–Crippen MR) is 65.8 cm³/mol. The molecule has 0 N–H and O–H groups in total. The van der Waals surface area contributed by atoms with Crippen LogP contribution in [-0.2, 0) is 0 Å². The average molecular weight is 219 g/mol. The Morgan fingerprint density at radius 2 is 1.88 bits per heavy atom. The molecule has 0 unspecified atom stereocenters. The van der Waals surface area contributed by atoms with Gasteiger partial charge in [-0.2, -0.15) is 5.26 Å². The SMILES string of the molecule is N#Cc1cc2ccccc2n1-c1ccccn1. The van der Waals surface area contributed by atoms with E-state index in [2.05, 4.69) is 11.1 Å². The number of para-hydroxylation sites is 1. The summed E-state index contributed by atoms with van der Waals surface area (Å²) in [5.41, 5.74) is 1.60. The molecular formula is C14H9N3. The van der Waals surface area contributed by atoms with Gasteiger partial charge in [-0.25, -0.2) is 4.98 Å². The molecule has 0 spiro atoms. The van der Waals surface area contributed by atoms with Gasteiger partial charge in [0, 0.05) is 11.6 Å². The number of benzene rings is 1. The molecule has 0 fully saturated rings. The highest BCUT2D eigenvalue weighted by Gasteiger charge is 2.09. The minimum Gasteiger partial charge on any atom is -0.285 e. The third kappa shape index (κ3) is 1.47. The van der Waals surface area contributed by atoms with Crippen LogP contribution in [0.25, 0.3) is 16.7 Å². The van der Waals surface area contributed by atoms with Crippen LogP contribution in [0.5, 0.6) is 0 Å². The third-order valence-electron chi connectivity index (χ3n) is 2.70. The topological polar surface area (TPSA) is 41.6 Å². The highest BCUT2D eigenvalue weighted by atomic mass is 15.1. The van der Waals surface area contributed by atoms with Crippen LogP contribution in [0.15, 0.2) is 54.7 Å². The van der Waals surface area contributed by atoms with Crippen LogP contribution < -0.4 is 0 Å². The standard InChI is InChI=1S/C14H9N3/c15-10-12-9-11-5-1-2-6-13(11)17(12)14-7-3-4-8-16-14/h1-9H. The van der Waals surface area contributed by atoms with E-state index >= 15 is 0 Å². The van der Waals surface area contributed by atoms with E-state index < -0.39 is 0 Å². The van der Waals surface area contributed by atoms with Gasteiger partial charge in [-0.05, 0) is 24.3 Å². The molecular weight excluding hydrogens is 210 g/mol. The largest absolute Gasteiger partial charge is 0.285 e. The third-order valence-corrected chi connectivity index (χ3v) is 2.70. The number of pyridine rings is 1. The van der Waals surface area contributed by atoms with Gasteiger partial charge in [-0.3, -0.25) is 4.57 Å². The molecule has 0 saturated heterocycles. The first-order valence-corrected chi connectivity index (χ1v) is 5.32. The quantitative estimate of drug-likeness (QED) is 0.631. The molecule has 3 heteroatoms. The van der Waals surface area contributed by atoms with Crippen LogP contribution in [0.1, 0.15) is 5.69 Å². The van der Waals surface area contributed by atoms with Crippen molar-refractivity contribution in [2.75, 3.05) is 0 Å². The van der Waals surface area contributed by atoms with Gasteiger partial charge in [0.15, 0.2) is 0 Å². The van der Waals surface area contributed by atoms with Gasteiger partial charge < -0.3 is 0 Å². The smallest absolute Gasteiger partial charge is 0.138 e. The number of hydrogen-bond donors (Lipinski definition) is 0. The highest BCUT2D eigenvalue weighted by Crippen LogP contribution is 2.22. The van der Waals surface area contributed by atoms with Crippen molar-refractivity contribution >= 4 is 10.9 Å². The summed E-state index contributed by atoms with van der Waals surface area (Å²) < 4.78 is 1.87. The summed E-state index contributed by atoms with van der Waals surface area (Å²) in [6.45, 7) is 0. The minimum atomic E-state index is 0.602. The molecule has 17 heavy (non-hydrogen) atoms. The van der Waals surface area contributed by atoms with E-state index in [0.29, 0.717) is 5.69 Å². The van der Waals surface area contributed by atoms with E-state index in [1.165, 1.54) is 0 Å². The second kappa shape index (κ2) is 3.76. The molecule has 3 aromatic rings. The zero-order valence-electron chi connectivity index (χ0n) is 9.04. The van der Waals surface area contributed by atoms with Crippen LogP contribution in [0.4, 0.5) is 0 Å². The van der Waals surface area contributed by atoms with E-state index in [0.717, 1.165) is 16.7 Å². The summed E-state index contributed by atoms with van der Waals surface area (Å²) in [6, 6.07) is 17.7. The van der Waals surface area contributed by atoms with E-state index in [1.54, 1.807) is 6.20 Å². The summed E-state index contributed by atoms with van der Waals surface area (Å²) in [7, 11) is 0. The van der Waals surface area contributed by atoms with Gasteiger partial charge in [0.2, 0.25) is 0 Å². The molecule has 0 saturated carbocycles. The number of nitriles is 1. The fraction of sp³-hybridized carbons (Fsp3) is 0. The second-order valence-electron chi connectivity index (χ2n) is 3.72. The number of rotatable bonds is 1. The van der Waals surface area contributed by atoms with Crippen molar-refractivity contribution in [1.29, 1.82) is 5.26 Å². The molecule has 0 radical (unpaired) electrons. The number of nitrogens with zero attached hydrogens (tertiary/aromatic N) is 3. The van der Waals surface area contributed by atoms with Gasteiger partial charge in [0.05, 0.1) is 5.52 Å². The molecule has 0 aliphatic carbocycles. The molecule has 2 aromatic heterocycles. The molecule has 0 aliphatic heterocycles. The lowest BCUT2D eigenvalue weighted by molar-refractivity contribution is 1.02. The van der Waals surface area contributed by atoms with Gasteiger partial charge in [0.1, 0.15) is 17.6 Å². The van der Waals surface area contributed by atoms with Crippen LogP contribution >= 0.6 is 0 Å². The van der Waals surface area contributed by atoms with Crippen molar-refractivity contribution < 1.29 is 0 Å². The predicted octanol–water partition coefficient (Wildman–Crippen LogP) is 2.90. The Morgan fingerprint density at radius 3 is 2.65 bits per heavy atom. The maximum Gasteiger partial charge on any atom is 0.138 e. The van der Waals surface area contributed by atoms with Crippen LogP contribution in [0.2, 0.25) is 0 Å². The van der Waals surface area contributed by atoms with E-state index in [4.69, 9.17) is 0 Å². The van der Waals surface area contributed by atoms with Crippen molar-refractivity contribution in [2.45, 2.75) is 0 Å². The van der Waals surface area contributed by atoms with Gasteiger partial charge in [-0.15, -0.1) is 0 Å². The molecule has 0 amide bonds. The van der Waals surface area contributed by atoms with Crippen LogP contribution in [-0.4, -0.2) is 9.55 Å². The normalized spacial score (nSPS) is 10.3. The Hall–Kier alpha value is -2.60. The van der Waals surface area contributed by atoms with Gasteiger partial charge in [0.25, 0.3) is 0 Å². The van der Waals surface area contributed by atoms with E-state index in [9.17, 15) is 5.26 Å². The Kier molecular flexibility index (Phi) is 2.13. The zero-order valence-corrected chi connectivity index (χ0v) is 9.04. The molecule has 3 nitrogen and oxygen atoms in total. The van der Waals surface area contributed by atoms with Gasteiger partial charge >= 0.3 is 0 Å². The minimum absolute atomic E-state index is 0.602. The molecule has 0 aliphatic rings. The maximum absolute atomic E-state index is 9.18. The lowest BCUT2D eigenvalue weighted by Crippen LogP contribution is -1.98. The first-order chi connectivity index (χ1) is 8.40. The second-order valence-corrected chi connectivity index (χ2v) is 3.72. The molecule has 0 bridgehead atoms. The van der Waals surface area contributed by atoms with Crippen LogP contribution in [0.3, 0.4) is 0 Å². The summed E-state index contributed by atoms with van der Waals surface area (Å²) >= 11 is 0. The van der Waals surface area contributed by atoms with Gasteiger partial charge in [-0.1, -0.05) is 24.3 Å². The molecule has 3 rings (SSSR count). The molecule has 0 atom stereocenters. The Labute approximate surface area is 98.6 Å². The summed E-state index contributed by atoms with van der Waals surface area (Å²) in [6.07, 6.45) is 1.73.